The molecule has 0 spiro atoms. The molecule has 1 aliphatic rings. The highest BCUT2D eigenvalue weighted by Gasteiger charge is 2.32. The average Bonchev–Trinajstić information content (AvgIpc) is 3.50. The fraction of sp³-hybridized carbons (Fsp3) is 0.375. The number of aromatic nitrogens is 2. The lowest BCUT2D eigenvalue weighted by Gasteiger charge is -2.21. The number of nitrogens with zero attached hydrogens (tertiary/aromatic N) is 2. The smallest absolute Gasteiger partial charge is 0.261 e. The maximum atomic E-state index is 12.8. The van der Waals surface area contributed by atoms with Crippen LogP contribution in [0.25, 0.3) is 11.1 Å². The number of carbonyl (C=O) groups is 1. The summed E-state index contributed by atoms with van der Waals surface area (Å²) < 4.78 is 11.3. The van der Waals surface area contributed by atoms with Gasteiger partial charge in [0.05, 0.1) is 0 Å². The topological polar surface area (TPSA) is 77.2 Å². The third-order valence-corrected chi connectivity index (χ3v) is 5.27. The molecule has 0 radical (unpaired) electrons. The van der Waals surface area contributed by atoms with Crippen LogP contribution in [0.4, 0.5) is 0 Å². The molecule has 1 amide bonds. The van der Waals surface area contributed by atoms with Crippen LogP contribution in [0, 0.1) is 5.92 Å². The van der Waals surface area contributed by atoms with Crippen molar-refractivity contribution < 1.29 is 14.1 Å². The molecular weight excluding hydrogens is 378 g/mol. The van der Waals surface area contributed by atoms with Gasteiger partial charge in [-0.2, -0.15) is 4.98 Å². The van der Waals surface area contributed by atoms with Gasteiger partial charge in [0, 0.05) is 5.92 Å². The number of hydrogen-bond acceptors (Lipinski definition) is 5. The minimum absolute atomic E-state index is 0.110. The predicted molar refractivity (Wildman–Crippen MR) is 114 cm³/mol. The van der Waals surface area contributed by atoms with Crippen molar-refractivity contribution in [1.29, 1.82) is 0 Å². The summed E-state index contributed by atoms with van der Waals surface area (Å²) in [5, 5.41) is 7.07. The van der Waals surface area contributed by atoms with Crippen molar-refractivity contribution in [2.24, 2.45) is 5.92 Å². The first-order chi connectivity index (χ1) is 14.5. The summed E-state index contributed by atoms with van der Waals surface area (Å²) >= 11 is 0. The zero-order valence-electron chi connectivity index (χ0n) is 17.5. The molecule has 1 saturated carbocycles. The van der Waals surface area contributed by atoms with Crippen LogP contribution in [0.1, 0.15) is 57.3 Å². The van der Waals surface area contributed by atoms with Crippen molar-refractivity contribution in [3.8, 4) is 16.9 Å². The molecule has 6 nitrogen and oxygen atoms in total. The number of amides is 1. The molecule has 30 heavy (non-hydrogen) atoms. The maximum Gasteiger partial charge on any atom is 0.261 e. The highest BCUT2D eigenvalue weighted by Crippen LogP contribution is 2.38. The van der Waals surface area contributed by atoms with Crippen LogP contribution >= 0.6 is 0 Å². The number of rotatable bonds is 8. The highest BCUT2D eigenvalue weighted by molar-refractivity contribution is 5.81. The first kappa shape index (κ1) is 20.1. The van der Waals surface area contributed by atoms with E-state index >= 15 is 0 Å². The molecule has 1 heterocycles. The summed E-state index contributed by atoms with van der Waals surface area (Å²) in [6, 6.07) is 17.5. The highest BCUT2D eigenvalue weighted by atomic mass is 16.5. The molecule has 2 aromatic carbocycles. The van der Waals surface area contributed by atoms with Gasteiger partial charge in [-0.3, -0.25) is 4.79 Å². The van der Waals surface area contributed by atoms with Crippen molar-refractivity contribution >= 4 is 5.91 Å². The van der Waals surface area contributed by atoms with E-state index in [1.807, 2.05) is 56.3 Å². The minimum Gasteiger partial charge on any atom is -0.481 e. The Balaban J connectivity index is 1.38. The third kappa shape index (κ3) is 4.70. The zero-order chi connectivity index (χ0) is 21.1. The maximum absolute atomic E-state index is 12.8. The number of nitrogens with one attached hydrogen (secondary N) is 1. The van der Waals surface area contributed by atoms with E-state index in [4.69, 9.17) is 9.26 Å². The molecule has 1 N–H and O–H groups in total. The molecule has 1 fully saturated rings. The van der Waals surface area contributed by atoms with Gasteiger partial charge in [-0.25, -0.2) is 0 Å². The first-order valence-electron chi connectivity index (χ1n) is 10.5. The summed E-state index contributed by atoms with van der Waals surface area (Å²) in [6.07, 6.45) is 1.55. The van der Waals surface area contributed by atoms with Crippen molar-refractivity contribution in [3.05, 3.63) is 66.3 Å². The Hall–Kier alpha value is -3.15. The van der Waals surface area contributed by atoms with Crippen LogP contribution < -0.4 is 10.1 Å². The molecule has 6 heteroatoms. The van der Waals surface area contributed by atoms with Gasteiger partial charge in [0.15, 0.2) is 11.9 Å². The molecule has 4 rings (SSSR count). The van der Waals surface area contributed by atoms with Crippen molar-refractivity contribution in [2.75, 3.05) is 0 Å². The summed E-state index contributed by atoms with van der Waals surface area (Å²) in [5.41, 5.74) is 2.24. The molecule has 1 aromatic heterocycles. The summed E-state index contributed by atoms with van der Waals surface area (Å²) in [4.78, 5) is 17.2. The van der Waals surface area contributed by atoms with Crippen LogP contribution in [0.5, 0.6) is 5.75 Å². The third-order valence-electron chi connectivity index (χ3n) is 5.27. The SMILES string of the molecule is CC(Oc1ccc(-c2ccccc2)cc1)C(=O)NC(c1nc(C2CC2)no1)C(C)C. The van der Waals surface area contributed by atoms with E-state index in [-0.39, 0.29) is 17.9 Å². The molecule has 0 saturated heterocycles. The normalized spacial score (nSPS) is 15.6. The lowest BCUT2D eigenvalue weighted by atomic mass is 10.0. The predicted octanol–water partition coefficient (Wildman–Crippen LogP) is 4.89. The number of benzene rings is 2. The van der Waals surface area contributed by atoms with Crippen molar-refractivity contribution in [2.45, 2.75) is 51.7 Å². The Morgan fingerprint density at radius 3 is 2.33 bits per heavy atom. The Bertz CT molecular complexity index is 978. The van der Waals surface area contributed by atoms with Gasteiger partial charge in [0.2, 0.25) is 5.89 Å². The standard InChI is InChI=1S/C24H27N3O3/c1-15(2)21(24-26-22(27-30-24)19-9-10-19)25-23(28)16(3)29-20-13-11-18(12-14-20)17-7-5-4-6-8-17/h4-8,11-16,19,21H,9-10H2,1-3H3,(H,25,28). The van der Waals surface area contributed by atoms with E-state index < -0.39 is 6.10 Å². The van der Waals surface area contributed by atoms with Crippen LogP contribution in [-0.4, -0.2) is 22.2 Å². The lowest BCUT2D eigenvalue weighted by molar-refractivity contribution is -0.128. The average molecular weight is 405 g/mol. The van der Waals surface area contributed by atoms with Crippen molar-refractivity contribution in [1.82, 2.24) is 15.5 Å². The summed E-state index contributed by atoms with van der Waals surface area (Å²) in [5.74, 6) is 2.15. The Kier molecular flexibility index (Phi) is 5.84. The largest absolute Gasteiger partial charge is 0.481 e. The zero-order valence-corrected chi connectivity index (χ0v) is 17.5. The Labute approximate surface area is 176 Å². The van der Waals surface area contributed by atoms with Gasteiger partial charge in [-0.15, -0.1) is 0 Å². The van der Waals surface area contributed by atoms with E-state index in [1.54, 1.807) is 6.92 Å². The first-order valence-corrected chi connectivity index (χ1v) is 10.5. The molecule has 3 aromatic rings. The second-order valence-electron chi connectivity index (χ2n) is 8.15. The number of hydrogen-bond donors (Lipinski definition) is 1. The lowest BCUT2D eigenvalue weighted by Crippen LogP contribution is -2.40. The van der Waals surface area contributed by atoms with Gasteiger partial charge < -0.3 is 14.6 Å². The Morgan fingerprint density at radius 2 is 1.70 bits per heavy atom. The molecule has 0 bridgehead atoms. The van der Waals surface area contributed by atoms with Gasteiger partial charge in [0.25, 0.3) is 5.91 Å². The van der Waals surface area contributed by atoms with Gasteiger partial charge in [0.1, 0.15) is 11.8 Å². The molecular formula is C24H27N3O3. The monoisotopic (exact) mass is 405 g/mol. The van der Waals surface area contributed by atoms with Crippen LogP contribution in [-0.2, 0) is 4.79 Å². The van der Waals surface area contributed by atoms with E-state index in [0.717, 1.165) is 29.8 Å². The van der Waals surface area contributed by atoms with Gasteiger partial charge in [-0.05, 0) is 48.9 Å². The quantitative estimate of drug-likeness (QED) is 0.577. The fourth-order valence-corrected chi connectivity index (χ4v) is 3.28. The summed E-state index contributed by atoms with van der Waals surface area (Å²) in [7, 11) is 0. The second-order valence-corrected chi connectivity index (χ2v) is 8.15. The van der Waals surface area contributed by atoms with E-state index in [2.05, 4.69) is 27.6 Å². The van der Waals surface area contributed by atoms with Crippen LogP contribution in [0.15, 0.2) is 59.1 Å². The number of ether oxygens (including phenoxy) is 1. The number of carbonyl (C=O) groups excluding carboxylic acids is 1. The van der Waals surface area contributed by atoms with Crippen LogP contribution in [0.2, 0.25) is 0 Å². The van der Waals surface area contributed by atoms with E-state index in [0.29, 0.717) is 17.6 Å². The molecule has 2 atom stereocenters. The molecule has 1 aliphatic carbocycles. The Morgan fingerprint density at radius 1 is 1.03 bits per heavy atom. The summed E-state index contributed by atoms with van der Waals surface area (Å²) in [6.45, 7) is 5.76. The molecule has 2 unspecified atom stereocenters. The minimum atomic E-state index is -0.653. The van der Waals surface area contributed by atoms with Gasteiger partial charge in [-0.1, -0.05) is 61.5 Å². The molecule has 156 valence electrons. The van der Waals surface area contributed by atoms with Gasteiger partial charge >= 0.3 is 0 Å². The van der Waals surface area contributed by atoms with E-state index in [1.165, 1.54) is 0 Å². The molecule has 0 aliphatic heterocycles. The fourth-order valence-electron chi connectivity index (χ4n) is 3.28. The van der Waals surface area contributed by atoms with Crippen molar-refractivity contribution in [3.63, 3.8) is 0 Å². The second kappa shape index (κ2) is 8.69. The van der Waals surface area contributed by atoms with Crippen LogP contribution in [0.3, 0.4) is 0 Å². The van der Waals surface area contributed by atoms with E-state index in [9.17, 15) is 4.79 Å².